The van der Waals surface area contributed by atoms with Crippen LogP contribution in [0.2, 0.25) is 0 Å². The maximum Gasteiger partial charge on any atom is 0.494 e. The molecule has 2 saturated heterocycles. The Balaban J connectivity index is 1.15. The van der Waals surface area contributed by atoms with Crippen LogP contribution in [0.15, 0.2) is 218 Å². The second-order valence-electron chi connectivity index (χ2n) is 23.5. The number of fused-ring (bicyclic) bond motifs is 6. The lowest BCUT2D eigenvalue weighted by atomic mass is 9.75. The zero-order valence-electron chi connectivity index (χ0n) is 45.6. The lowest BCUT2D eigenvalue weighted by molar-refractivity contribution is 0.00578. The second-order valence-corrected chi connectivity index (χ2v) is 23.5. The van der Waals surface area contributed by atoms with Gasteiger partial charge in [-0.15, -0.1) is 0 Å². The minimum Gasteiger partial charge on any atom is -0.399 e. The summed E-state index contributed by atoms with van der Waals surface area (Å²) in [7, 11) is -1.01. The average Bonchev–Trinajstić information content (AvgIpc) is 3.82. The van der Waals surface area contributed by atoms with E-state index in [1.54, 1.807) is 0 Å². The lowest BCUT2D eigenvalue weighted by Gasteiger charge is -2.32. The van der Waals surface area contributed by atoms with Gasteiger partial charge in [0.15, 0.2) is 0 Å². The van der Waals surface area contributed by atoms with Crippen molar-refractivity contribution < 1.29 is 18.6 Å². The fourth-order valence-electron chi connectivity index (χ4n) is 12.6. The molecule has 0 spiro atoms. The van der Waals surface area contributed by atoms with E-state index >= 15 is 0 Å². The van der Waals surface area contributed by atoms with Crippen molar-refractivity contribution in [2.45, 2.75) is 77.8 Å². The minimum atomic E-state index is -0.507. The van der Waals surface area contributed by atoms with Crippen LogP contribution in [0.3, 0.4) is 0 Å². The second kappa shape index (κ2) is 17.9. The summed E-state index contributed by atoms with van der Waals surface area (Å²) in [6.45, 7) is 17.0. The molecular formula is C72H60B2O4. The van der Waals surface area contributed by atoms with Crippen LogP contribution < -0.4 is 10.9 Å². The highest BCUT2D eigenvalue weighted by Crippen LogP contribution is 2.55. The van der Waals surface area contributed by atoms with E-state index in [0.717, 1.165) is 55.4 Å². The van der Waals surface area contributed by atoms with Gasteiger partial charge >= 0.3 is 14.2 Å². The molecule has 12 aromatic carbocycles. The zero-order valence-corrected chi connectivity index (χ0v) is 45.6. The van der Waals surface area contributed by atoms with Crippen molar-refractivity contribution in [3.8, 4) is 66.8 Å². The Bertz CT molecular complexity index is 4010. The topological polar surface area (TPSA) is 36.9 Å². The molecule has 78 heavy (non-hydrogen) atoms. The normalized spacial score (nSPS) is 16.6. The van der Waals surface area contributed by atoms with Crippen LogP contribution in [0.25, 0.3) is 121 Å². The van der Waals surface area contributed by atoms with Gasteiger partial charge < -0.3 is 18.6 Å². The van der Waals surface area contributed by atoms with Gasteiger partial charge in [-0.25, -0.2) is 0 Å². The maximum absolute atomic E-state index is 6.70. The molecule has 2 heterocycles. The molecule has 12 aromatic rings. The van der Waals surface area contributed by atoms with Gasteiger partial charge in [0.2, 0.25) is 0 Å². The summed E-state index contributed by atoms with van der Waals surface area (Å²) in [5.74, 6) is 0. The Kier molecular flexibility index (Phi) is 11.1. The Hall–Kier alpha value is -7.83. The summed E-state index contributed by atoms with van der Waals surface area (Å²) < 4.78 is 26.8. The van der Waals surface area contributed by atoms with E-state index in [1.807, 2.05) is 0 Å². The summed E-state index contributed by atoms with van der Waals surface area (Å²) in [5.41, 5.74) is 14.0. The largest absolute Gasteiger partial charge is 0.494 e. The van der Waals surface area contributed by atoms with E-state index in [0.29, 0.717) is 0 Å². The van der Waals surface area contributed by atoms with E-state index in [-0.39, 0.29) is 0 Å². The first-order valence-electron chi connectivity index (χ1n) is 27.5. The highest BCUT2D eigenvalue weighted by Gasteiger charge is 2.53. The predicted molar refractivity (Wildman–Crippen MR) is 329 cm³/mol. The van der Waals surface area contributed by atoms with E-state index in [9.17, 15) is 0 Å². The van der Waals surface area contributed by atoms with Gasteiger partial charge in [0.05, 0.1) is 22.4 Å². The van der Waals surface area contributed by atoms with Crippen molar-refractivity contribution >= 4 is 79.0 Å². The first-order chi connectivity index (χ1) is 37.7. The van der Waals surface area contributed by atoms with Crippen LogP contribution in [0.4, 0.5) is 0 Å². The predicted octanol–water partition coefficient (Wildman–Crippen LogP) is 17.5. The molecule has 0 aromatic heterocycles. The van der Waals surface area contributed by atoms with E-state index in [1.165, 1.54) is 76.1 Å². The molecule has 6 heteroatoms. The molecule has 2 aliphatic heterocycles. The van der Waals surface area contributed by atoms with Crippen LogP contribution in [-0.4, -0.2) is 36.6 Å². The molecule has 0 aliphatic carbocycles. The van der Waals surface area contributed by atoms with Gasteiger partial charge in [-0.1, -0.05) is 206 Å². The third-order valence-corrected chi connectivity index (χ3v) is 17.9. The Morgan fingerprint density at radius 1 is 0.244 bits per heavy atom. The summed E-state index contributed by atoms with van der Waals surface area (Å²) >= 11 is 0. The molecule has 0 N–H and O–H groups in total. The van der Waals surface area contributed by atoms with Crippen LogP contribution >= 0.6 is 0 Å². The van der Waals surface area contributed by atoms with Gasteiger partial charge in [0, 0.05) is 0 Å². The number of rotatable bonds is 8. The van der Waals surface area contributed by atoms with Gasteiger partial charge in [0.25, 0.3) is 0 Å². The summed E-state index contributed by atoms with van der Waals surface area (Å²) in [6, 6.07) is 80.7. The van der Waals surface area contributed by atoms with E-state index in [4.69, 9.17) is 18.6 Å². The molecular weight excluding hydrogens is 950 g/mol. The quantitative estimate of drug-likeness (QED) is 0.0863. The number of benzene rings is 12. The molecule has 0 atom stereocenters. The van der Waals surface area contributed by atoms with Gasteiger partial charge in [-0.2, -0.15) is 0 Å². The summed E-state index contributed by atoms with van der Waals surface area (Å²) in [4.78, 5) is 0. The van der Waals surface area contributed by atoms with E-state index < -0.39 is 36.6 Å². The standard InChI is InChI=1S/C72H60B2O4/c1-69(2)70(3,4)76-73(75-69)51-35-21-33-49(41-51)59-43-57(45-25-13-9-14-26-45)65-53-37-24-40-56-64(53)63-54(38-23-39-55(63)67(65)61(59)47-29-17-11-18-30-47)66-58(46-27-15-10-16-28-46)44-60(62(68(56)66)48-31-19-12-20-32-48)50-34-22-36-52(42-50)74-77-71(5,6)72(7,8)78-74/h9-44H,1-8H3. The molecule has 0 bridgehead atoms. The van der Waals surface area contributed by atoms with Crippen LogP contribution in [-0.2, 0) is 18.6 Å². The minimum absolute atomic E-state index is 0.476. The SMILES string of the molecule is CC1(C)OB(c2cccc(-c3cc(-c4ccccc4)c4c5cccc6c7c(-c8ccccc8)c(-c8cccc(B9OC(C)(C)C(C)(C)O9)c8)cc(-c8ccccc8)c7c7cccc(c4c3-c3ccccc3)c7c56)c2)OC1(C)C. The third-order valence-electron chi connectivity index (χ3n) is 17.9. The number of hydrogen-bond donors (Lipinski definition) is 0. The molecule has 0 unspecified atom stereocenters. The fraction of sp³-hybridized carbons (Fsp3) is 0.167. The van der Waals surface area contributed by atoms with Crippen LogP contribution in [0.1, 0.15) is 55.4 Å². The van der Waals surface area contributed by atoms with Crippen molar-refractivity contribution in [2.24, 2.45) is 0 Å². The molecule has 14 rings (SSSR count). The maximum atomic E-state index is 6.70. The molecule has 2 aliphatic rings. The smallest absolute Gasteiger partial charge is 0.399 e. The van der Waals surface area contributed by atoms with Gasteiger partial charge in [-0.05, 0) is 199 Å². The molecule has 0 amide bonds. The summed E-state index contributed by atoms with van der Waals surface area (Å²) in [5, 5.41) is 12.3. The highest BCUT2D eigenvalue weighted by molar-refractivity contribution is 6.62. The average molecular weight is 1010 g/mol. The molecule has 378 valence electrons. The van der Waals surface area contributed by atoms with E-state index in [2.05, 4.69) is 274 Å². The van der Waals surface area contributed by atoms with Crippen molar-refractivity contribution in [1.82, 2.24) is 0 Å². The first-order valence-corrected chi connectivity index (χ1v) is 27.5. The monoisotopic (exact) mass is 1010 g/mol. The number of hydrogen-bond acceptors (Lipinski definition) is 4. The van der Waals surface area contributed by atoms with Crippen LogP contribution in [0.5, 0.6) is 0 Å². The Morgan fingerprint density at radius 2 is 0.526 bits per heavy atom. The van der Waals surface area contributed by atoms with Crippen molar-refractivity contribution in [2.75, 3.05) is 0 Å². The third kappa shape index (κ3) is 7.53. The Morgan fingerprint density at radius 3 is 0.859 bits per heavy atom. The van der Waals surface area contributed by atoms with Crippen LogP contribution in [0, 0.1) is 0 Å². The molecule has 2 fully saturated rings. The molecule has 0 radical (unpaired) electrons. The van der Waals surface area contributed by atoms with Gasteiger partial charge in [0.1, 0.15) is 0 Å². The molecule has 4 nitrogen and oxygen atoms in total. The summed E-state index contributed by atoms with van der Waals surface area (Å²) in [6.07, 6.45) is 0. The van der Waals surface area contributed by atoms with Crippen molar-refractivity contribution in [1.29, 1.82) is 0 Å². The fourth-order valence-corrected chi connectivity index (χ4v) is 12.6. The van der Waals surface area contributed by atoms with Crippen molar-refractivity contribution in [3.63, 3.8) is 0 Å². The Labute approximate surface area is 458 Å². The zero-order chi connectivity index (χ0) is 53.3. The lowest BCUT2D eigenvalue weighted by Crippen LogP contribution is -2.41. The van der Waals surface area contributed by atoms with Crippen molar-refractivity contribution in [3.05, 3.63) is 218 Å². The highest BCUT2D eigenvalue weighted by atomic mass is 16.7. The first kappa shape index (κ1) is 48.5. The van der Waals surface area contributed by atoms with Gasteiger partial charge in [-0.3, -0.25) is 0 Å². The molecule has 0 saturated carbocycles.